The standard InChI is InChI=1S/C20H22N4O/c1-15-6-5-9-23(13-15)20(25)18-10-17-12-22-24(19(17)21-11-18)14-16-7-3-2-4-8-16/h2-4,7-8,10-12,15H,5-6,9,13-14H2,1H3/t15-/m0/s1. The second-order valence-electron chi connectivity index (χ2n) is 6.92. The Morgan fingerprint density at radius 3 is 2.88 bits per heavy atom. The molecule has 0 saturated carbocycles. The van der Waals surface area contributed by atoms with Gasteiger partial charge in [-0.15, -0.1) is 0 Å². The number of carbonyl (C=O) groups is 1. The number of likely N-dealkylation sites (tertiary alicyclic amines) is 1. The van der Waals surface area contributed by atoms with Crippen molar-refractivity contribution in [3.63, 3.8) is 0 Å². The van der Waals surface area contributed by atoms with Gasteiger partial charge in [-0.2, -0.15) is 5.10 Å². The van der Waals surface area contributed by atoms with E-state index in [0.29, 0.717) is 18.0 Å². The van der Waals surface area contributed by atoms with Crippen LogP contribution < -0.4 is 0 Å². The first kappa shape index (κ1) is 15.8. The first-order valence-corrected chi connectivity index (χ1v) is 8.85. The first-order valence-electron chi connectivity index (χ1n) is 8.85. The van der Waals surface area contributed by atoms with Crippen LogP contribution in [0.25, 0.3) is 11.0 Å². The molecule has 0 radical (unpaired) electrons. The molecule has 1 aliphatic heterocycles. The predicted molar refractivity (Wildman–Crippen MR) is 97.4 cm³/mol. The van der Waals surface area contributed by atoms with E-state index in [1.807, 2.05) is 33.8 Å². The molecule has 25 heavy (non-hydrogen) atoms. The van der Waals surface area contributed by atoms with Gasteiger partial charge >= 0.3 is 0 Å². The summed E-state index contributed by atoms with van der Waals surface area (Å²) in [5.74, 6) is 0.653. The van der Waals surface area contributed by atoms with E-state index in [-0.39, 0.29) is 5.91 Å². The van der Waals surface area contributed by atoms with Crippen LogP contribution in [-0.2, 0) is 6.54 Å². The molecule has 4 rings (SSSR count). The smallest absolute Gasteiger partial charge is 0.255 e. The number of hydrogen-bond donors (Lipinski definition) is 0. The molecule has 2 aromatic heterocycles. The summed E-state index contributed by atoms with van der Waals surface area (Å²) in [4.78, 5) is 19.2. The molecule has 128 valence electrons. The van der Waals surface area contributed by atoms with E-state index in [1.54, 1.807) is 12.4 Å². The Morgan fingerprint density at radius 1 is 1.24 bits per heavy atom. The van der Waals surface area contributed by atoms with Gasteiger partial charge in [0.1, 0.15) is 0 Å². The fraction of sp³-hybridized carbons (Fsp3) is 0.350. The number of benzene rings is 1. The van der Waals surface area contributed by atoms with Gasteiger partial charge in [0.15, 0.2) is 5.65 Å². The summed E-state index contributed by atoms with van der Waals surface area (Å²) >= 11 is 0. The van der Waals surface area contributed by atoms with Crippen LogP contribution in [0.2, 0.25) is 0 Å². The summed E-state index contributed by atoms with van der Waals surface area (Å²) < 4.78 is 1.88. The van der Waals surface area contributed by atoms with E-state index in [1.165, 1.54) is 12.0 Å². The van der Waals surface area contributed by atoms with Crippen molar-refractivity contribution >= 4 is 16.9 Å². The zero-order chi connectivity index (χ0) is 17.2. The summed E-state index contributed by atoms with van der Waals surface area (Å²) in [5, 5.41) is 5.35. The maximum Gasteiger partial charge on any atom is 0.255 e. The molecular formula is C20H22N4O. The fourth-order valence-electron chi connectivity index (χ4n) is 3.52. The van der Waals surface area contributed by atoms with Crippen LogP contribution in [0.3, 0.4) is 0 Å². The van der Waals surface area contributed by atoms with Gasteiger partial charge in [0.05, 0.1) is 18.3 Å². The molecule has 0 bridgehead atoms. The van der Waals surface area contributed by atoms with Gasteiger partial charge in [0, 0.05) is 24.7 Å². The second kappa shape index (κ2) is 6.67. The number of amides is 1. The van der Waals surface area contributed by atoms with Crippen LogP contribution >= 0.6 is 0 Å². The topological polar surface area (TPSA) is 51.0 Å². The molecular weight excluding hydrogens is 312 g/mol. The molecule has 0 unspecified atom stereocenters. The Morgan fingerprint density at radius 2 is 2.08 bits per heavy atom. The van der Waals surface area contributed by atoms with Crippen molar-refractivity contribution in [3.8, 4) is 0 Å². The lowest BCUT2D eigenvalue weighted by atomic mass is 10.00. The lowest BCUT2D eigenvalue weighted by Gasteiger charge is -2.30. The summed E-state index contributed by atoms with van der Waals surface area (Å²) in [6, 6.07) is 12.1. The van der Waals surface area contributed by atoms with Gasteiger partial charge in [-0.25, -0.2) is 9.67 Å². The number of hydrogen-bond acceptors (Lipinski definition) is 3. The average Bonchev–Trinajstić information content (AvgIpc) is 3.04. The van der Waals surface area contributed by atoms with Crippen molar-refractivity contribution in [2.24, 2.45) is 5.92 Å². The first-order chi connectivity index (χ1) is 12.2. The van der Waals surface area contributed by atoms with E-state index >= 15 is 0 Å². The fourth-order valence-corrected chi connectivity index (χ4v) is 3.52. The highest BCUT2D eigenvalue weighted by atomic mass is 16.2. The number of rotatable bonds is 3. The van der Waals surface area contributed by atoms with Crippen LogP contribution in [0.1, 0.15) is 35.7 Å². The van der Waals surface area contributed by atoms with E-state index in [0.717, 1.165) is 30.5 Å². The molecule has 1 aliphatic rings. The van der Waals surface area contributed by atoms with Crippen LogP contribution in [-0.4, -0.2) is 38.7 Å². The van der Waals surface area contributed by atoms with E-state index < -0.39 is 0 Å². The number of pyridine rings is 1. The van der Waals surface area contributed by atoms with E-state index in [2.05, 4.69) is 29.1 Å². The Kier molecular flexibility index (Phi) is 4.22. The minimum Gasteiger partial charge on any atom is -0.338 e. The third-order valence-electron chi connectivity index (χ3n) is 4.84. The van der Waals surface area contributed by atoms with Crippen LogP contribution in [0.4, 0.5) is 0 Å². The van der Waals surface area contributed by atoms with Crippen LogP contribution in [0.5, 0.6) is 0 Å². The third kappa shape index (κ3) is 3.27. The van der Waals surface area contributed by atoms with Gasteiger partial charge in [-0.05, 0) is 30.4 Å². The Bertz CT molecular complexity index is 887. The molecule has 3 aromatic rings. The molecule has 0 N–H and O–H groups in total. The second-order valence-corrected chi connectivity index (χ2v) is 6.92. The van der Waals surface area contributed by atoms with Gasteiger partial charge in [0.2, 0.25) is 0 Å². The molecule has 0 aliphatic carbocycles. The van der Waals surface area contributed by atoms with E-state index in [9.17, 15) is 4.79 Å². The lowest BCUT2D eigenvalue weighted by molar-refractivity contribution is 0.0683. The SMILES string of the molecule is C[C@H]1CCCN(C(=O)c2cnc3c(cnn3Cc3ccccc3)c2)C1. The number of carbonyl (C=O) groups excluding carboxylic acids is 1. The molecule has 1 fully saturated rings. The highest BCUT2D eigenvalue weighted by Gasteiger charge is 2.22. The van der Waals surface area contributed by atoms with Gasteiger partial charge in [0.25, 0.3) is 5.91 Å². The minimum absolute atomic E-state index is 0.0803. The Balaban J connectivity index is 1.58. The van der Waals surface area contributed by atoms with Gasteiger partial charge < -0.3 is 4.90 Å². The summed E-state index contributed by atoms with van der Waals surface area (Å²) in [5.41, 5.74) is 2.64. The predicted octanol–water partition coefficient (Wildman–Crippen LogP) is 3.35. The molecule has 1 saturated heterocycles. The quantitative estimate of drug-likeness (QED) is 0.738. The molecule has 0 spiro atoms. The number of aromatic nitrogens is 3. The molecule has 3 heterocycles. The Labute approximate surface area is 147 Å². The molecule has 1 aromatic carbocycles. The summed E-state index contributed by atoms with van der Waals surface area (Å²) in [6.07, 6.45) is 5.76. The highest BCUT2D eigenvalue weighted by Crippen LogP contribution is 2.20. The lowest BCUT2D eigenvalue weighted by Crippen LogP contribution is -2.39. The number of nitrogens with zero attached hydrogens (tertiary/aromatic N) is 4. The minimum atomic E-state index is 0.0803. The monoisotopic (exact) mass is 334 g/mol. The largest absolute Gasteiger partial charge is 0.338 e. The maximum atomic E-state index is 12.7. The zero-order valence-electron chi connectivity index (χ0n) is 14.4. The van der Waals surface area contributed by atoms with Crippen LogP contribution in [0.15, 0.2) is 48.8 Å². The third-order valence-corrected chi connectivity index (χ3v) is 4.84. The van der Waals surface area contributed by atoms with Crippen LogP contribution in [0, 0.1) is 5.92 Å². The summed E-state index contributed by atoms with van der Waals surface area (Å²) in [7, 11) is 0. The van der Waals surface area contributed by atoms with Gasteiger partial charge in [-0.3, -0.25) is 4.79 Å². The van der Waals surface area contributed by atoms with Crippen molar-refractivity contribution < 1.29 is 4.79 Å². The average molecular weight is 334 g/mol. The zero-order valence-corrected chi connectivity index (χ0v) is 14.4. The number of piperidine rings is 1. The Hall–Kier alpha value is -2.69. The molecule has 1 amide bonds. The van der Waals surface area contributed by atoms with Crippen molar-refractivity contribution in [3.05, 3.63) is 59.9 Å². The molecule has 5 nitrogen and oxygen atoms in total. The molecule has 1 atom stereocenters. The number of fused-ring (bicyclic) bond motifs is 1. The summed E-state index contributed by atoms with van der Waals surface area (Å²) in [6.45, 7) is 4.56. The van der Waals surface area contributed by atoms with Gasteiger partial charge in [-0.1, -0.05) is 37.3 Å². The molecule has 5 heteroatoms. The van der Waals surface area contributed by atoms with Crippen molar-refractivity contribution in [1.82, 2.24) is 19.7 Å². The normalized spacial score (nSPS) is 17.8. The van der Waals surface area contributed by atoms with Crippen molar-refractivity contribution in [1.29, 1.82) is 0 Å². The highest BCUT2D eigenvalue weighted by molar-refractivity contribution is 5.96. The maximum absolute atomic E-state index is 12.7. The van der Waals surface area contributed by atoms with E-state index in [4.69, 9.17) is 0 Å². The van der Waals surface area contributed by atoms with Crippen molar-refractivity contribution in [2.45, 2.75) is 26.3 Å². The van der Waals surface area contributed by atoms with Crippen molar-refractivity contribution in [2.75, 3.05) is 13.1 Å².